The number of hydrogen-bond acceptors (Lipinski definition) is 6. The first-order valence-electron chi connectivity index (χ1n) is 13.0. The van der Waals surface area contributed by atoms with Crippen LogP contribution in [0.5, 0.6) is 0 Å². The predicted octanol–water partition coefficient (Wildman–Crippen LogP) is 5.27. The number of carbonyl (C=O) groups is 1. The summed E-state index contributed by atoms with van der Waals surface area (Å²) in [5, 5.41) is 32.9. The van der Waals surface area contributed by atoms with E-state index in [0.29, 0.717) is 31.4 Å². The molecule has 6 nitrogen and oxygen atoms in total. The van der Waals surface area contributed by atoms with Crippen molar-refractivity contribution in [2.45, 2.75) is 117 Å². The first-order chi connectivity index (χ1) is 16.1. The molecule has 0 bridgehead atoms. The molecule has 1 saturated heterocycles. The van der Waals surface area contributed by atoms with Gasteiger partial charge in [-0.05, 0) is 64.0 Å². The van der Waals surface area contributed by atoms with Gasteiger partial charge in [-0.3, -0.25) is 9.79 Å². The molecule has 0 radical (unpaired) electrons. The standard InChI is InChI=1S/C29H47NO5/c1-18-10-9-14-29(8,34)15-13-24(19(2)16-23-12-11-20(3)30-23)35-21(4)17-25(31)28(6,7)27(33)22(5)26(18)32/h12,16,18,22,24-26,31-32,34H,4,9-11,13-15,17H2,1-3,5-8H3/b19-16+/t18?,22?,24?,25-,26?,29+/m0/s1. The molecule has 0 aliphatic carbocycles. The third-order valence-electron chi connectivity index (χ3n) is 7.84. The van der Waals surface area contributed by atoms with Crippen LogP contribution in [0.15, 0.2) is 40.8 Å². The first kappa shape index (κ1) is 29.5. The maximum Gasteiger partial charge on any atom is 0.146 e. The summed E-state index contributed by atoms with van der Waals surface area (Å²) < 4.78 is 6.24. The number of Topliss-reactive ketones (excluding diaryl/α,β-unsaturated/α-hetero) is 1. The minimum absolute atomic E-state index is 0.0921. The highest BCUT2D eigenvalue weighted by Gasteiger charge is 2.41. The summed E-state index contributed by atoms with van der Waals surface area (Å²) in [7, 11) is 0. The summed E-state index contributed by atoms with van der Waals surface area (Å²) >= 11 is 0. The van der Waals surface area contributed by atoms with E-state index in [0.717, 1.165) is 29.8 Å². The zero-order valence-corrected chi connectivity index (χ0v) is 22.8. The summed E-state index contributed by atoms with van der Waals surface area (Å²) in [6, 6.07) is 0. The fourth-order valence-electron chi connectivity index (χ4n) is 5.02. The fraction of sp³-hybridized carbons (Fsp3) is 0.724. The van der Waals surface area contributed by atoms with Crippen LogP contribution in [-0.4, -0.2) is 50.7 Å². The van der Waals surface area contributed by atoms with Gasteiger partial charge >= 0.3 is 0 Å². The summed E-state index contributed by atoms with van der Waals surface area (Å²) in [5.74, 6) is -0.487. The number of carbonyl (C=O) groups excluding carboxylic acids is 1. The summed E-state index contributed by atoms with van der Waals surface area (Å²) in [4.78, 5) is 17.8. The fourth-order valence-corrected chi connectivity index (χ4v) is 5.02. The second-order valence-corrected chi connectivity index (χ2v) is 11.7. The molecule has 0 saturated carbocycles. The number of ketones is 1. The normalized spacial score (nSPS) is 36.4. The van der Waals surface area contributed by atoms with E-state index >= 15 is 0 Å². The maximum atomic E-state index is 13.3. The number of rotatable bonds is 2. The number of aliphatic hydroxyl groups is 3. The molecule has 2 rings (SSSR count). The summed E-state index contributed by atoms with van der Waals surface area (Å²) in [5.41, 5.74) is 1.01. The van der Waals surface area contributed by atoms with Crippen LogP contribution in [0.2, 0.25) is 0 Å². The zero-order valence-electron chi connectivity index (χ0n) is 22.8. The Morgan fingerprint density at radius 3 is 2.46 bits per heavy atom. The van der Waals surface area contributed by atoms with Crippen LogP contribution < -0.4 is 0 Å². The second-order valence-electron chi connectivity index (χ2n) is 11.7. The Morgan fingerprint density at radius 2 is 1.86 bits per heavy atom. The minimum Gasteiger partial charge on any atom is -0.491 e. The van der Waals surface area contributed by atoms with Crippen LogP contribution in [0.4, 0.5) is 0 Å². The lowest BCUT2D eigenvalue weighted by molar-refractivity contribution is -0.141. The third kappa shape index (κ3) is 8.12. The molecule has 2 aliphatic rings. The van der Waals surface area contributed by atoms with E-state index in [2.05, 4.69) is 17.6 Å². The van der Waals surface area contributed by atoms with Crippen molar-refractivity contribution in [1.82, 2.24) is 0 Å². The summed E-state index contributed by atoms with van der Waals surface area (Å²) in [6.07, 6.45) is 6.07. The van der Waals surface area contributed by atoms with E-state index < -0.39 is 29.1 Å². The molecule has 2 aliphatic heterocycles. The molecular weight excluding hydrogens is 442 g/mol. The number of ether oxygens (including phenoxy) is 1. The Hall–Kier alpha value is -1.76. The van der Waals surface area contributed by atoms with Crippen LogP contribution in [0.3, 0.4) is 0 Å². The van der Waals surface area contributed by atoms with Gasteiger partial charge in [0, 0.05) is 24.5 Å². The van der Waals surface area contributed by atoms with Crippen molar-refractivity contribution >= 4 is 11.5 Å². The number of allylic oxidation sites excluding steroid dienone is 2. The molecule has 1 fully saturated rings. The monoisotopic (exact) mass is 489 g/mol. The van der Waals surface area contributed by atoms with Gasteiger partial charge in [0.15, 0.2) is 0 Å². The Kier molecular flexibility index (Phi) is 10.1. The molecule has 6 heteroatoms. The van der Waals surface area contributed by atoms with Gasteiger partial charge in [-0.2, -0.15) is 0 Å². The van der Waals surface area contributed by atoms with Gasteiger partial charge in [-0.25, -0.2) is 0 Å². The molecule has 2 heterocycles. The molecule has 4 unspecified atom stereocenters. The highest BCUT2D eigenvalue weighted by atomic mass is 16.5. The molecule has 198 valence electrons. The maximum absolute atomic E-state index is 13.3. The molecule has 35 heavy (non-hydrogen) atoms. The molecule has 0 aromatic rings. The zero-order chi connectivity index (χ0) is 26.6. The third-order valence-corrected chi connectivity index (χ3v) is 7.84. The van der Waals surface area contributed by atoms with E-state index in [9.17, 15) is 20.1 Å². The molecule has 6 atom stereocenters. The summed E-state index contributed by atoms with van der Waals surface area (Å²) in [6.45, 7) is 17.0. The molecule has 0 amide bonds. The topological polar surface area (TPSA) is 99.4 Å². The Morgan fingerprint density at radius 1 is 1.20 bits per heavy atom. The molecule has 0 spiro atoms. The quantitative estimate of drug-likeness (QED) is 0.490. The van der Waals surface area contributed by atoms with E-state index in [1.807, 2.05) is 33.8 Å². The van der Waals surface area contributed by atoms with Crippen molar-refractivity contribution in [1.29, 1.82) is 0 Å². The number of nitrogens with zero attached hydrogens (tertiary/aromatic N) is 1. The number of hydrogen-bond donors (Lipinski definition) is 3. The van der Waals surface area contributed by atoms with Crippen LogP contribution in [-0.2, 0) is 9.53 Å². The van der Waals surface area contributed by atoms with Gasteiger partial charge < -0.3 is 20.1 Å². The second kappa shape index (κ2) is 12.0. The van der Waals surface area contributed by atoms with E-state index in [1.165, 1.54) is 0 Å². The van der Waals surface area contributed by atoms with Crippen LogP contribution >= 0.6 is 0 Å². The molecular formula is C29H47NO5. The van der Waals surface area contributed by atoms with Gasteiger partial charge in [0.2, 0.25) is 0 Å². The van der Waals surface area contributed by atoms with Gasteiger partial charge in [0.05, 0.1) is 34.7 Å². The smallest absolute Gasteiger partial charge is 0.146 e. The van der Waals surface area contributed by atoms with Crippen molar-refractivity contribution in [2.75, 3.05) is 0 Å². The Labute approximate surface area is 211 Å². The van der Waals surface area contributed by atoms with Crippen molar-refractivity contribution in [3.05, 3.63) is 35.8 Å². The lowest BCUT2D eigenvalue weighted by Crippen LogP contribution is -2.45. The minimum atomic E-state index is -1.06. The largest absolute Gasteiger partial charge is 0.491 e. The van der Waals surface area contributed by atoms with E-state index in [-0.39, 0.29) is 24.2 Å². The molecule has 0 aromatic carbocycles. The van der Waals surface area contributed by atoms with Crippen molar-refractivity contribution in [3.8, 4) is 0 Å². The van der Waals surface area contributed by atoms with E-state index in [4.69, 9.17) is 4.74 Å². The van der Waals surface area contributed by atoms with Crippen molar-refractivity contribution < 1.29 is 24.9 Å². The average Bonchev–Trinajstić information content (AvgIpc) is 3.18. The number of aliphatic hydroxyl groups excluding tert-OH is 2. The average molecular weight is 490 g/mol. The first-order valence-corrected chi connectivity index (χ1v) is 13.0. The lowest BCUT2D eigenvalue weighted by atomic mass is 9.72. The molecule has 3 N–H and O–H groups in total. The molecule has 0 aromatic heterocycles. The van der Waals surface area contributed by atoms with Gasteiger partial charge in [-0.15, -0.1) is 0 Å². The van der Waals surface area contributed by atoms with Gasteiger partial charge in [0.25, 0.3) is 0 Å². The van der Waals surface area contributed by atoms with Crippen molar-refractivity contribution in [3.63, 3.8) is 0 Å². The van der Waals surface area contributed by atoms with Gasteiger partial charge in [0.1, 0.15) is 11.9 Å². The van der Waals surface area contributed by atoms with Crippen molar-refractivity contribution in [2.24, 2.45) is 22.2 Å². The Balaban J connectivity index is 2.31. The van der Waals surface area contributed by atoms with Crippen LogP contribution in [0, 0.1) is 17.3 Å². The van der Waals surface area contributed by atoms with Gasteiger partial charge in [-0.1, -0.05) is 46.8 Å². The Bertz CT molecular complexity index is 866. The highest BCUT2D eigenvalue weighted by Crippen LogP contribution is 2.34. The van der Waals surface area contributed by atoms with E-state index in [1.54, 1.807) is 20.8 Å². The highest BCUT2D eigenvalue weighted by molar-refractivity contribution is 5.87. The van der Waals surface area contributed by atoms with Crippen LogP contribution in [0.25, 0.3) is 0 Å². The predicted molar refractivity (Wildman–Crippen MR) is 141 cm³/mol. The lowest BCUT2D eigenvalue weighted by Gasteiger charge is -2.36. The van der Waals surface area contributed by atoms with Crippen LogP contribution in [0.1, 0.15) is 93.4 Å². The SMILES string of the molecule is C=C1C[C@H](O)C(C)(C)C(=O)C(C)C(O)C(C)CCC[C@@](C)(O)CCC(/C(C)=C/C2=CCC(C)=N2)O1. The number of aliphatic imine (C=N–C) groups is 1.